The topological polar surface area (TPSA) is 110 Å². The molecule has 2 atom stereocenters. The first-order valence-corrected chi connectivity index (χ1v) is 13.2. The van der Waals surface area contributed by atoms with E-state index in [-0.39, 0.29) is 23.9 Å². The van der Waals surface area contributed by atoms with Crippen LogP contribution in [0, 0.1) is 6.92 Å². The second kappa shape index (κ2) is 10.9. The summed E-state index contributed by atoms with van der Waals surface area (Å²) in [6.45, 7) is 4.34. The number of piperidine rings is 1. The number of hydrogen-bond donors (Lipinski definition) is 3. The number of aromatic nitrogens is 1. The molecular formula is C28H32ClN5O3. The molecule has 2 saturated heterocycles. The van der Waals surface area contributed by atoms with Gasteiger partial charge >= 0.3 is 0 Å². The van der Waals surface area contributed by atoms with Crippen LogP contribution in [-0.4, -0.2) is 60.1 Å². The highest BCUT2D eigenvalue weighted by Crippen LogP contribution is 2.30. The predicted molar refractivity (Wildman–Crippen MR) is 146 cm³/mol. The van der Waals surface area contributed by atoms with Crippen LogP contribution < -0.4 is 16.4 Å². The van der Waals surface area contributed by atoms with Crippen molar-refractivity contribution in [3.63, 3.8) is 0 Å². The lowest BCUT2D eigenvalue weighted by Gasteiger charge is -2.35. The van der Waals surface area contributed by atoms with E-state index in [4.69, 9.17) is 22.1 Å². The summed E-state index contributed by atoms with van der Waals surface area (Å²) < 4.78 is 5.72. The lowest BCUT2D eigenvalue weighted by molar-refractivity contribution is 0.0568. The highest BCUT2D eigenvalue weighted by Gasteiger charge is 2.31. The smallest absolute Gasteiger partial charge is 0.256 e. The molecule has 3 heterocycles. The molecule has 0 aliphatic carbocycles. The van der Waals surface area contributed by atoms with E-state index in [9.17, 15) is 9.59 Å². The third-order valence-corrected chi connectivity index (χ3v) is 7.39. The number of nitrogen functional groups attached to an aromatic ring is 1. The van der Waals surface area contributed by atoms with Gasteiger partial charge in [-0.1, -0.05) is 17.7 Å². The maximum absolute atomic E-state index is 13.5. The number of carbonyl (C=O) groups excluding carboxylic acids is 2. The summed E-state index contributed by atoms with van der Waals surface area (Å²) >= 11 is 6.12. The number of ether oxygens (including phenoxy) is 1. The minimum absolute atomic E-state index is 0.00858. The van der Waals surface area contributed by atoms with Crippen molar-refractivity contribution < 1.29 is 14.3 Å². The Morgan fingerprint density at radius 1 is 1.08 bits per heavy atom. The van der Waals surface area contributed by atoms with Gasteiger partial charge in [0.2, 0.25) is 0 Å². The van der Waals surface area contributed by atoms with Gasteiger partial charge < -0.3 is 26.0 Å². The number of aryl methyl sites for hydroxylation is 1. The number of benzene rings is 2. The van der Waals surface area contributed by atoms with Crippen LogP contribution in [0.4, 0.5) is 11.4 Å². The average molecular weight is 522 g/mol. The maximum Gasteiger partial charge on any atom is 0.256 e. The molecule has 0 saturated carbocycles. The van der Waals surface area contributed by atoms with Crippen molar-refractivity contribution in [3.8, 4) is 0 Å². The molecule has 37 heavy (non-hydrogen) atoms. The number of nitrogens with one attached hydrogen (secondary N) is 2. The fourth-order valence-electron chi connectivity index (χ4n) is 5.22. The van der Waals surface area contributed by atoms with E-state index < -0.39 is 0 Å². The number of carbonyl (C=O) groups is 2. The number of anilines is 2. The second-order valence-electron chi connectivity index (χ2n) is 9.88. The number of pyridine rings is 1. The standard InChI is InChI=1S/C28H32ClN5O3/c1-17-11-21(28(36)34-8-3-2-4-9-34)26(23(30)12-17)32-24-7-10-37-16-25(24)33-27(35)22-15-31-14-18-13-19(29)5-6-20(18)22/h5-6,11-15,24-25,32H,2-4,7-10,16,30H2,1H3,(H,33,35)/t24-,25+/m1/s1. The van der Waals surface area contributed by atoms with E-state index in [2.05, 4.69) is 15.6 Å². The van der Waals surface area contributed by atoms with Crippen LogP contribution in [0.25, 0.3) is 10.8 Å². The molecule has 3 aromatic rings. The van der Waals surface area contributed by atoms with Gasteiger partial charge in [-0.15, -0.1) is 0 Å². The molecule has 2 aliphatic rings. The van der Waals surface area contributed by atoms with Gasteiger partial charge in [-0.25, -0.2) is 0 Å². The second-order valence-corrected chi connectivity index (χ2v) is 10.3. The van der Waals surface area contributed by atoms with Gasteiger partial charge in [-0.05, 0) is 67.8 Å². The van der Waals surface area contributed by atoms with Crippen molar-refractivity contribution in [2.24, 2.45) is 0 Å². The van der Waals surface area contributed by atoms with Crippen molar-refractivity contribution in [3.05, 3.63) is 64.4 Å². The van der Waals surface area contributed by atoms with Crippen LogP contribution in [0.15, 0.2) is 42.7 Å². The van der Waals surface area contributed by atoms with Crippen LogP contribution in [0.1, 0.15) is 52.0 Å². The number of nitrogens with zero attached hydrogens (tertiary/aromatic N) is 2. The van der Waals surface area contributed by atoms with E-state index in [0.29, 0.717) is 47.2 Å². The van der Waals surface area contributed by atoms with E-state index in [1.54, 1.807) is 24.5 Å². The molecule has 0 spiro atoms. The fraction of sp³-hybridized carbons (Fsp3) is 0.393. The van der Waals surface area contributed by atoms with Gasteiger partial charge in [-0.2, -0.15) is 0 Å². The molecule has 2 aromatic carbocycles. The van der Waals surface area contributed by atoms with Crippen LogP contribution >= 0.6 is 11.6 Å². The first kappa shape index (κ1) is 25.3. The third kappa shape index (κ3) is 5.50. The molecule has 2 aliphatic heterocycles. The van der Waals surface area contributed by atoms with Gasteiger partial charge in [0, 0.05) is 42.5 Å². The Morgan fingerprint density at radius 3 is 2.70 bits per heavy atom. The van der Waals surface area contributed by atoms with E-state index in [1.165, 1.54) is 0 Å². The first-order chi connectivity index (χ1) is 17.9. The lowest BCUT2D eigenvalue weighted by atomic mass is 9.99. The van der Waals surface area contributed by atoms with Gasteiger partial charge in [0.1, 0.15) is 0 Å². The molecule has 8 nitrogen and oxygen atoms in total. The number of nitrogens with two attached hydrogens (primary N) is 1. The summed E-state index contributed by atoms with van der Waals surface area (Å²) in [6.07, 6.45) is 7.07. The van der Waals surface area contributed by atoms with Crippen LogP contribution in [0.5, 0.6) is 0 Å². The zero-order chi connectivity index (χ0) is 25.9. The predicted octanol–water partition coefficient (Wildman–Crippen LogP) is 4.40. The summed E-state index contributed by atoms with van der Waals surface area (Å²) in [5, 5.41) is 8.79. The molecule has 2 amide bonds. The monoisotopic (exact) mass is 521 g/mol. The Hall–Kier alpha value is -3.36. The molecule has 2 fully saturated rings. The molecule has 4 N–H and O–H groups in total. The highest BCUT2D eigenvalue weighted by atomic mass is 35.5. The number of halogens is 1. The Morgan fingerprint density at radius 2 is 1.89 bits per heavy atom. The molecule has 0 unspecified atom stereocenters. The molecule has 0 radical (unpaired) electrons. The molecule has 0 bridgehead atoms. The Labute approximate surface area is 221 Å². The van der Waals surface area contributed by atoms with Crippen molar-refractivity contribution in [2.45, 2.75) is 44.7 Å². The average Bonchev–Trinajstić information content (AvgIpc) is 2.90. The van der Waals surface area contributed by atoms with E-state index in [1.807, 2.05) is 30.0 Å². The van der Waals surface area contributed by atoms with Crippen LogP contribution in [0.3, 0.4) is 0 Å². The minimum atomic E-state index is -0.331. The molecule has 5 rings (SSSR count). The summed E-state index contributed by atoms with van der Waals surface area (Å²) in [6, 6.07) is 8.64. The summed E-state index contributed by atoms with van der Waals surface area (Å²) in [5.41, 5.74) is 9.56. The van der Waals surface area contributed by atoms with Gasteiger partial charge in [0.15, 0.2) is 0 Å². The summed E-state index contributed by atoms with van der Waals surface area (Å²) in [5.74, 6) is -0.255. The number of rotatable bonds is 5. The largest absolute Gasteiger partial charge is 0.397 e. The van der Waals surface area contributed by atoms with Crippen LogP contribution in [-0.2, 0) is 4.74 Å². The zero-order valence-electron chi connectivity index (χ0n) is 20.9. The molecular weight excluding hydrogens is 490 g/mol. The van der Waals surface area contributed by atoms with E-state index in [0.717, 1.165) is 48.7 Å². The minimum Gasteiger partial charge on any atom is -0.397 e. The fourth-order valence-corrected chi connectivity index (χ4v) is 5.40. The van der Waals surface area contributed by atoms with Crippen molar-refractivity contribution in [2.75, 3.05) is 37.4 Å². The van der Waals surface area contributed by atoms with Crippen molar-refractivity contribution >= 4 is 45.6 Å². The van der Waals surface area contributed by atoms with Gasteiger partial charge in [0.25, 0.3) is 11.8 Å². The lowest BCUT2D eigenvalue weighted by Crippen LogP contribution is -2.52. The zero-order valence-corrected chi connectivity index (χ0v) is 21.7. The number of amides is 2. The quantitative estimate of drug-likeness (QED) is 0.429. The van der Waals surface area contributed by atoms with E-state index >= 15 is 0 Å². The Kier molecular flexibility index (Phi) is 7.48. The SMILES string of the molecule is Cc1cc(N)c(N[C@@H]2CCOC[C@@H]2NC(=O)c2cncc3cc(Cl)ccc23)c(C(=O)N2CCCCC2)c1. The first-order valence-electron chi connectivity index (χ1n) is 12.8. The molecule has 194 valence electrons. The molecule has 9 heteroatoms. The normalized spacial score (nSPS) is 20.0. The summed E-state index contributed by atoms with van der Waals surface area (Å²) in [4.78, 5) is 33.0. The number of fused-ring (bicyclic) bond motifs is 1. The van der Waals surface area contributed by atoms with Gasteiger partial charge in [-0.3, -0.25) is 14.6 Å². The van der Waals surface area contributed by atoms with Crippen molar-refractivity contribution in [1.82, 2.24) is 15.2 Å². The van der Waals surface area contributed by atoms with Gasteiger partial charge in [0.05, 0.1) is 41.2 Å². The maximum atomic E-state index is 13.5. The number of hydrogen-bond acceptors (Lipinski definition) is 6. The number of likely N-dealkylation sites (tertiary alicyclic amines) is 1. The Bertz CT molecular complexity index is 1320. The Balaban J connectivity index is 1.39. The van der Waals surface area contributed by atoms with Crippen LogP contribution in [0.2, 0.25) is 5.02 Å². The molecule has 1 aromatic heterocycles. The highest BCUT2D eigenvalue weighted by molar-refractivity contribution is 6.31. The third-order valence-electron chi connectivity index (χ3n) is 7.16. The summed E-state index contributed by atoms with van der Waals surface area (Å²) in [7, 11) is 0. The van der Waals surface area contributed by atoms with Crippen molar-refractivity contribution in [1.29, 1.82) is 0 Å².